The van der Waals surface area contributed by atoms with E-state index in [1.165, 1.54) is 5.56 Å². The van der Waals surface area contributed by atoms with Gasteiger partial charge in [0.15, 0.2) is 0 Å². The molecule has 0 aliphatic carbocycles. The minimum absolute atomic E-state index is 0.0109. The number of hydrogen-bond acceptors (Lipinski definition) is 3. The van der Waals surface area contributed by atoms with Crippen LogP contribution in [-0.2, 0) is 6.42 Å². The molecule has 2 aromatic rings. The Hall–Kier alpha value is -2.33. The summed E-state index contributed by atoms with van der Waals surface area (Å²) in [5.74, 6) is 5.52. The SMILES string of the molecule is CC1CCc2ccccc2N1C(=O)c1ccccc1NN. The van der Waals surface area contributed by atoms with Gasteiger partial charge in [-0.05, 0) is 43.5 Å². The van der Waals surface area contributed by atoms with Gasteiger partial charge in [0.05, 0.1) is 11.3 Å². The topological polar surface area (TPSA) is 58.4 Å². The van der Waals surface area contributed by atoms with Crippen LogP contribution in [0.15, 0.2) is 48.5 Å². The smallest absolute Gasteiger partial charge is 0.260 e. The molecule has 0 bridgehead atoms. The summed E-state index contributed by atoms with van der Waals surface area (Å²) in [4.78, 5) is 14.9. The number of hydrogen-bond donors (Lipinski definition) is 2. The van der Waals surface area contributed by atoms with Gasteiger partial charge in [0.25, 0.3) is 5.91 Å². The van der Waals surface area contributed by atoms with Crippen molar-refractivity contribution in [2.24, 2.45) is 5.84 Å². The molecule has 1 atom stereocenters. The molecule has 1 amide bonds. The molecule has 1 aliphatic heterocycles. The van der Waals surface area contributed by atoms with Crippen LogP contribution in [0.1, 0.15) is 29.3 Å². The molecule has 0 saturated heterocycles. The zero-order valence-corrected chi connectivity index (χ0v) is 12.0. The summed E-state index contributed by atoms with van der Waals surface area (Å²) in [6, 6.07) is 15.6. The van der Waals surface area contributed by atoms with Gasteiger partial charge in [0, 0.05) is 11.7 Å². The van der Waals surface area contributed by atoms with Gasteiger partial charge in [-0.2, -0.15) is 0 Å². The van der Waals surface area contributed by atoms with Gasteiger partial charge in [0.2, 0.25) is 0 Å². The molecule has 4 heteroatoms. The van der Waals surface area contributed by atoms with Crippen molar-refractivity contribution in [3.05, 3.63) is 59.7 Å². The van der Waals surface area contributed by atoms with Crippen LogP contribution in [0, 0.1) is 0 Å². The molecule has 0 saturated carbocycles. The first-order valence-electron chi connectivity index (χ1n) is 7.19. The summed E-state index contributed by atoms with van der Waals surface area (Å²) in [7, 11) is 0. The third kappa shape index (κ3) is 2.38. The van der Waals surface area contributed by atoms with Gasteiger partial charge < -0.3 is 10.3 Å². The molecule has 0 radical (unpaired) electrons. The molecule has 1 aliphatic rings. The Kier molecular flexibility index (Phi) is 3.62. The van der Waals surface area contributed by atoms with Crippen LogP contribution in [-0.4, -0.2) is 11.9 Å². The lowest BCUT2D eigenvalue weighted by Gasteiger charge is -2.35. The lowest BCUT2D eigenvalue weighted by Crippen LogP contribution is -2.42. The number of nitrogens with zero attached hydrogens (tertiary/aromatic N) is 1. The number of hydrazine groups is 1. The molecule has 1 heterocycles. The first kappa shape index (κ1) is 13.6. The minimum atomic E-state index is -0.0109. The fourth-order valence-electron chi connectivity index (χ4n) is 2.92. The second-order valence-corrected chi connectivity index (χ2v) is 5.38. The predicted octanol–water partition coefficient (Wildman–Crippen LogP) is 2.95. The summed E-state index contributed by atoms with van der Waals surface area (Å²) in [6.45, 7) is 2.09. The van der Waals surface area contributed by atoms with Crippen LogP contribution in [0.5, 0.6) is 0 Å². The number of fused-ring (bicyclic) bond motifs is 1. The van der Waals surface area contributed by atoms with Gasteiger partial charge in [-0.15, -0.1) is 0 Å². The molecule has 0 fully saturated rings. The number of para-hydroxylation sites is 2. The molecule has 3 rings (SSSR count). The van der Waals surface area contributed by atoms with Gasteiger partial charge in [-0.25, -0.2) is 0 Å². The van der Waals surface area contributed by atoms with Crippen molar-refractivity contribution in [1.82, 2.24) is 0 Å². The fraction of sp³-hybridized carbons (Fsp3) is 0.235. The second kappa shape index (κ2) is 5.58. The number of nitrogens with two attached hydrogens (primary N) is 1. The van der Waals surface area contributed by atoms with Crippen molar-refractivity contribution >= 4 is 17.3 Å². The van der Waals surface area contributed by atoms with E-state index in [2.05, 4.69) is 18.4 Å². The van der Waals surface area contributed by atoms with E-state index in [0.717, 1.165) is 18.5 Å². The second-order valence-electron chi connectivity index (χ2n) is 5.38. The van der Waals surface area contributed by atoms with E-state index in [0.29, 0.717) is 11.3 Å². The normalized spacial score (nSPS) is 17.2. The highest BCUT2D eigenvalue weighted by Gasteiger charge is 2.29. The van der Waals surface area contributed by atoms with E-state index in [-0.39, 0.29) is 11.9 Å². The van der Waals surface area contributed by atoms with Crippen LogP contribution in [0.2, 0.25) is 0 Å². The first-order valence-corrected chi connectivity index (χ1v) is 7.19. The molecular weight excluding hydrogens is 262 g/mol. The summed E-state index contributed by atoms with van der Waals surface area (Å²) < 4.78 is 0. The molecule has 2 aromatic carbocycles. The zero-order chi connectivity index (χ0) is 14.8. The monoisotopic (exact) mass is 281 g/mol. The van der Waals surface area contributed by atoms with Gasteiger partial charge >= 0.3 is 0 Å². The van der Waals surface area contributed by atoms with Crippen LogP contribution >= 0.6 is 0 Å². The van der Waals surface area contributed by atoms with Crippen molar-refractivity contribution in [2.45, 2.75) is 25.8 Å². The first-order chi connectivity index (χ1) is 10.2. The van der Waals surface area contributed by atoms with Crippen molar-refractivity contribution < 1.29 is 4.79 Å². The number of anilines is 2. The summed E-state index contributed by atoms with van der Waals surface area (Å²) in [5, 5.41) is 0. The summed E-state index contributed by atoms with van der Waals surface area (Å²) in [6.07, 6.45) is 1.98. The van der Waals surface area contributed by atoms with Gasteiger partial charge in [0.1, 0.15) is 0 Å². The van der Waals surface area contributed by atoms with E-state index in [9.17, 15) is 4.79 Å². The molecule has 21 heavy (non-hydrogen) atoms. The lowest BCUT2D eigenvalue weighted by molar-refractivity contribution is 0.0976. The molecule has 1 unspecified atom stereocenters. The number of nitrogen functional groups attached to an aromatic ring is 1. The van der Waals surface area contributed by atoms with Gasteiger partial charge in [-0.1, -0.05) is 30.3 Å². The summed E-state index contributed by atoms with van der Waals surface area (Å²) in [5.41, 5.74) is 6.09. The Labute approximate surface area is 124 Å². The molecule has 0 aromatic heterocycles. The average Bonchev–Trinajstić information content (AvgIpc) is 2.54. The molecule has 108 valence electrons. The average molecular weight is 281 g/mol. The maximum absolute atomic E-state index is 13.0. The Morgan fingerprint density at radius 1 is 1.19 bits per heavy atom. The number of benzene rings is 2. The number of nitrogens with one attached hydrogen (secondary N) is 1. The maximum atomic E-state index is 13.0. The van der Waals surface area contributed by atoms with Crippen LogP contribution in [0.25, 0.3) is 0 Å². The van der Waals surface area contributed by atoms with Gasteiger partial charge in [-0.3, -0.25) is 10.6 Å². The number of carbonyl (C=O) groups excluding carboxylic acids is 1. The highest BCUT2D eigenvalue weighted by Crippen LogP contribution is 2.32. The molecule has 4 nitrogen and oxygen atoms in total. The van der Waals surface area contributed by atoms with E-state index in [1.54, 1.807) is 0 Å². The summed E-state index contributed by atoms with van der Waals surface area (Å²) >= 11 is 0. The maximum Gasteiger partial charge on any atom is 0.260 e. The third-order valence-electron chi connectivity index (χ3n) is 4.06. The van der Waals surface area contributed by atoms with E-state index >= 15 is 0 Å². The van der Waals surface area contributed by atoms with Crippen molar-refractivity contribution in [3.63, 3.8) is 0 Å². The number of carbonyl (C=O) groups is 1. The Morgan fingerprint density at radius 2 is 1.90 bits per heavy atom. The van der Waals surface area contributed by atoms with Crippen molar-refractivity contribution in [1.29, 1.82) is 0 Å². The van der Waals surface area contributed by atoms with Crippen LogP contribution < -0.4 is 16.2 Å². The van der Waals surface area contributed by atoms with E-state index in [4.69, 9.17) is 5.84 Å². The molecule has 3 N–H and O–H groups in total. The van der Waals surface area contributed by atoms with Crippen molar-refractivity contribution in [3.8, 4) is 0 Å². The minimum Gasteiger partial charge on any atom is -0.323 e. The fourth-order valence-corrected chi connectivity index (χ4v) is 2.92. The largest absolute Gasteiger partial charge is 0.323 e. The zero-order valence-electron chi connectivity index (χ0n) is 12.0. The number of amides is 1. The van der Waals surface area contributed by atoms with E-state index in [1.807, 2.05) is 47.4 Å². The standard InChI is InChI=1S/C17H19N3O/c1-12-10-11-13-6-2-5-9-16(13)20(12)17(21)14-7-3-4-8-15(14)19-18/h2-9,12,19H,10-11,18H2,1H3. The predicted molar refractivity (Wildman–Crippen MR) is 85.3 cm³/mol. The Balaban J connectivity index is 2.05. The molecular formula is C17H19N3O. The number of rotatable bonds is 2. The Bertz CT molecular complexity index is 669. The van der Waals surface area contributed by atoms with Crippen molar-refractivity contribution in [2.75, 3.05) is 10.3 Å². The van der Waals surface area contributed by atoms with E-state index < -0.39 is 0 Å². The highest BCUT2D eigenvalue weighted by atomic mass is 16.2. The third-order valence-corrected chi connectivity index (χ3v) is 4.06. The number of aryl methyl sites for hydroxylation is 1. The Morgan fingerprint density at radius 3 is 2.71 bits per heavy atom. The quantitative estimate of drug-likeness (QED) is 0.657. The van der Waals surface area contributed by atoms with Crippen LogP contribution in [0.4, 0.5) is 11.4 Å². The lowest BCUT2D eigenvalue weighted by atomic mass is 9.95. The highest BCUT2D eigenvalue weighted by molar-refractivity contribution is 6.10. The molecule has 0 spiro atoms. The van der Waals surface area contributed by atoms with Crippen LogP contribution in [0.3, 0.4) is 0 Å².